The van der Waals surface area contributed by atoms with Crippen LogP contribution in [0.15, 0.2) is 0 Å². The average molecular weight is 245 g/mol. The standard InChI is InChI=1S/C11H28N2Si2/c1-9-12(5)14(7)11(3,4)15(8)13(6)10-2/h9-10H2,1-8H3. The summed E-state index contributed by atoms with van der Waals surface area (Å²) in [7, 11) is 3.73. The fraction of sp³-hybridized carbons (Fsp3) is 1.00. The molecule has 0 saturated heterocycles. The van der Waals surface area contributed by atoms with Crippen LogP contribution in [-0.4, -0.2) is 54.2 Å². The van der Waals surface area contributed by atoms with E-state index in [2.05, 4.69) is 64.0 Å². The Hall–Kier alpha value is 0.354. The molecule has 0 aromatic carbocycles. The van der Waals surface area contributed by atoms with Crippen LogP contribution in [0.2, 0.25) is 17.8 Å². The molecule has 0 fully saturated rings. The second-order valence-electron chi connectivity index (χ2n) is 4.82. The van der Waals surface area contributed by atoms with Gasteiger partial charge in [0, 0.05) is 0 Å². The van der Waals surface area contributed by atoms with Crippen molar-refractivity contribution in [3.05, 3.63) is 0 Å². The van der Waals surface area contributed by atoms with E-state index in [0.717, 1.165) is 0 Å². The molecule has 0 heterocycles. The average Bonchev–Trinajstić information content (AvgIpc) is 2.24. The normalized spacial score (nSPS) is 13.6. The molecule has 2 radical (unpaired) electrons. The Balaban J connectivity index is 4.64. The highest BCUT2D eigenvalue weighted by Gasteiger charge is 2.38. The molecular weight excluding hydrogens is 216 g/mol. The van der Waals surface area contributed by atoms with Crippen molar-refractivity contribution in [2.24, 2.45) is 0 Å². The maximum absolute atomic E-state index is 2.56. The van der Waals surface area contributed by atoms with Crippen LogP contribution >= 0.6 is 0 Å². The first-order chi connectivity index (χ1) is 6.78. The monoisotopic (exact) mass is 244 g/mol. The van der Waals surface area contributed by atoms with Gasteiger partial charge < -0.3 is 9.13 Å². The number of rotatable bonds is 6. The van der Waals surface area contributed by atoms with Crippen LogP contribution in [0.1, 0.15) is 27.7 Å². The van der Waals surface area contributed by atoms with Crippen LogP contribution in [0, 0.1) is 0 Å². The largest absolute Gasteiger partial charge is 0.327 e. The van der Waals surface area contributed by atoms with E-state index >= 15 is 0 Å². The lowest BCUT2D eigenvalue weighted by Gasteiger charge is -2.42. The second-order valence-corrected chi connectivity index (χ2v) is 11.7. The summed E-state index contributed by atoms with van der Waals surface area (Å²) >= 11 is 0. The molecule has 2 nitrogen and oxygen atoms in total. The molecule has 0 aromatic heterocycles. The van der Waals surface area contributed by atoms with Gasteiger partial charge in [-0.1, -0.05) is 40.8 Å². The van der Waals surface area contributed by atoms with Crippen LogP contribution in [0.25, 0.3) is 0 Å². The number of hydrogen-bond acceptors (Lipinski definition) is 2. The van der Waals surface area contributed by atoms with Crippen LogP contribution in [-0.2, 0) is 0 Å². The van der Waals surface area contributed by atoms with Crippen molar-refractivity contribution < 1.29 is 0 Å². The molecule has 0 bridgehead atoms. The van der Waals surface area contributed by atoms with Gasteiger partial charge in [0.05, 0.1) is 0 Å². The van der Waals surface area contributed by atoms with Gasteiger partial charge in [0.15, 0.2) is 0 Å². The predicted octanol–water partition coefficient (Wildman–Crippen LogP) is 2.45. The highest BCUT2D eigenvalue weighted by atomic mass is 28.3. The van der Waals surface area contributed by atoms with E-state index < -0.39 is 17.9 Å². The first-order valence-corrected chi connectivity index (χ1v) is 9.78. The number of hydrogen-bond donors (Lipinski definition) is 0. The maximum atomic E-state index is 2.56. The predicted molar refractivity (Wildman–Crippen MR) is 73.9 cm³/mol. The molecule has 0 atom stereocenters. The smallest absolute Gasteiger partial charge is 0.137 e. The van der Waals surface area contributed by atoms with E-state index in [1.54, 1.807) is 0 Å². The zero-order chi connectivity index (χ0) is 12.2. The topological polar surface area (TPSA) is 6.48 Å². The molecule has 0 rings (SSSR count). The maximum Gasteiger partial charge on any atom is 0.137 e. The third-order valence-corrected chi connectivity index (χ3v) is 12.6. The van der Waals surface area contributed by atoms with E-state index in [1.807, 2.05) is 0 Å². The molecule has 0 unspecified atom stereocenters. The fourth-order valence-corrected chi connectivity index (χ4v) is 7.79. The van der Waals surface area contributed by atoms with Crippen molar-refractivity contribution in [2.75, 3.05) is 27.2 Å². The molecule has 0 aliphatic heterocycles. The van der Waals surface area contributed by atoms with Gasteiger partial charge in [-0.15, -0.1) is 0 Å². The zero-order valence-corrected chi connectivity index (χ0v) is 13.8. The van der Waals surface area contributed by atoms with E-state index in [0.29, 0.717) is 4.66 Å². The third kappa shape index (κ3) is 3.69. The summed E-state index contributed by atoms with van der Waals surface area (Å²) in [6, 6.07) is 0. The second kappa shape index (κ2) is 6.18. The lowest BCUT2D eigenvalue weighted by Crippen LogP contribution is -2.53. The van der Waals surface area contributed by atoms with Gasteiger partial charge in [0.2, 0.25) is 0 Å². The molecular formula is C11H28N2Si2. The SMILES string of the molecule is CCN(C)[Si](C)C(C)(C)[Si](C)N(C)CC. The van der Waals surface area contributed by atoms with Crippen molar-refractivity contribution in [3.63, 3.8) is 0 Å². The minimum atomic E-state index is -0.411. The molecule has 0 N–H and O–H groups in total. The Labute approximate surface area is 100 Å². The molecule has 0 aliphatic rings. The van der Waals surface area contributed by atoms with Crippen molar-refractivity contribution in [1.82, 2.24) is 9.13 Å². The summed E-state index contributed by atoms with van der Waals surface area (Å²) in [5.41, 5.74) is 0. The summed E-state index contributed by atoms with van der Waals surface area (Å²) in [6.45, 7) is 16.7. The summed E-state index contributed by atoms with van der Waals surface area (Å²) in [5.74, 6) is 0. The summed E-state index contributed by atoms with van der Waals surface area (Å²) in [4.78, 5) is 0. The molecule has 0 saturated carbocycles. The van der Waals surface area contributed by atoms with Crippen LogP contribution in [0.3, 0.4) is 0 Å². The van der Waals surface area contributed by atoms with Crippen molar-refractivity contribution >= 4 is 17.9 Å². The van der Waals surface area contributed by atoms with Gasteiger partial charge >= 0.3 is 0 Å². The first-order valence-electron chi connectivity index (χ1n) is 5.89. The third-order valence-electron chi connectivity index (χ3n) is 3.90. The van der Waals surface area contributed by atoms with Gasteiger partial charge in [-0.25, -0.2) is 0 Å². The Morgan fingerprint density at radius 2 is 1.13 bits per heavy atom. The van der Waals surface area contributed by atoms with Crippen molar-refractivity contribution in [3.8, 4) is 0 Å². The summed E-state index contributed by atoms with van der Waals surface area (Å²) in [6.07, 6.45) is 0. The Morgan fingerprint density at radius 3 is 1.33 bits per heavy atom. The summed E-state index contributed by atoms with van der Waals surface area (Å²) < 4.78 is 5.63. The van der Waals surface area contributed by atoms with Gasteiger partial charge in [-0.2, -0.15) is 0 Å². The van der Waals surface area contributed by atoms with Crippen LogP contribution < -0.4 is 0 Å². The minimum Gasteiger partial charge on any atom is -0.327 e. The highest BCUT2D eigenvalue weighted by Crippen LogP contribution is 2.33. The van der Waals surface area contributed by atoms with Gasteiger partial charge in [0.25, 0.3) is 0 Å². The summed E-state index contributed by atoms with van der Waals surface area (Å²) in [5, 5.41) is 0. The quantitative estimate of drug-likeness (QED) is 0.662. The Morgan fingerprint density at radius 1 is 0.867 bits per heavy atom. The Bertz CT molecular complexity index is 167. The lowest BCUT2D eigenvalue weighted by molar-refractivity contribution is 0.503. The van der Waals surface area contributed by atoms with E-state index in [-0.39, 0.29) is 0 Å². The lowest BCUT2D eigenvalue weighted by atomic mass is 10.5. The van der Waals surface area contributed by atoms with Crippen LogP contribution in [0.4, 0.5) is 0 Å². The van der Waals surface area contributed by atoms with Gasteiger partial charge in [-0.05, 0) is 31.8 Å². The molecule has 0 amide bonds. The zero-order valence-electron chi connectivity index (χ0n) is 11.8. The van der Waals surface area contributed by atoms with Gasteiger partial charge in [0.1, 0.15) is 17.9 Å². The van der Waals surface area contributed by atoms with Crippen molar-refractivity contribution in [1.29, 1.82) is 0 Å². The molecule has 0 aliphatic carbocycles. The highest BCUT2D eigenvalue weighted by molar-refractivity contribution is 6.78. The van der Waals surface area contributed by atoms with E-state index in [1.165, 1.54) is 13.1 Å². The van der Waals surface area contributed by atoms with E-state index in [4.69, 9.17) is 0 Å². The molecule has 90 valence electrons. The van der Waals surface area contributed by atoms with Gasteiger partial charge in [-0.3, -0.25) is 0 Å². The minimum absolute atomic E-state index is 0.411. The van der Waals surface area contributed by atoms with E-state index in [9.17, 15) is 0 Å². The first kappa shape index (κ1) is 15.4. The molecule has 0 aromatic rings. The molecule has 15 heavy (non-hydrogen) atoms. The fourth-order valence-electron chi connectivity index (χ4n) is 1.69. The number of nitrogens with zero attached hydrogens (tertiary/aromatic N) is 2. The Kier molecular flexibility index (Phi) is 6.32. The molecule has 4 heteroatoms. The van der Waals surface area contributed by atoms with Crippen molar-refractivity contribution in [2.45, 2.75) is 45.5 Å². The molecule has 0 spiro atoms. The van der Waals surface area contributed by atoms with Crippen LogP contribution in [0.5, 0.6) is 0 Å².